The van der Waals surface area contributed by atoms with Crippen LogP contribution in [0.1, 0.15) is 26.3 Å². The summed E-state index contributed by atoms with van der Waals surface area (Å²) in [6, 6.07) is 14.2. The second kappa shape index (κ2) is 4.53. The molecule has 3 aromatic rings. The second-order valence-corrected chi connectivity index (χ2v) is 4.31. The maximum atomic E-state index is 12.4. The third-order valence-electron chi connectivity index (χ3n) is 3.15. The number of fused-ring (bicyclic) bond motifs is 1. The van der Waals surface area contributed by atoms with E-state index in [1.165, 1.54) is 0 Å². The molecule has 0 aliphatic rings. The first-order valence-electron chi connectivity index (χ1n) is 5.95. The van der Waals surface area contributed by atoms with Gasteiger partial charge in [-0.05, 0) is 24.3 Å². The highest BCUT2D eigenvalue weighted by molar-refractivity contribution is 6.13. The van der Waals surface area contributed by atoms with E-state index < -0.39 is 0 Å². The van der Waals surface area contributed by atoms with Crippen molar-refractivity contribution in [3.8, 4) is 0 Å². The van der Waals surface area contributed by atoms with E-state index in [-0.39, 0.29) is 5.78 Å². The summed E-state index contributed by atoms with van der Waals surface area (Å²) in [5.74, 6) is -0.134. The van der Waals surface area contributed by atoms with E-state index in [9.17, 15) is 9.59 Å². The number of nitrogens with one attached hydrogen (secondary N) is 1. The molecule has 1 aromatic heterocycles. The Morgan fingerprint density at radius 2 is 1.89 bits per heavy atom. The lowest BCUT2D eigenvalue weighted by Gasteiger charge is -2.04. The minimum absolute atomic E-state index is 0.134. The van der Waals surface area contributed by atoms with Crippen molar-refractivity contribution in [1.82, 2.24) is 4.98 Å². The van der Waals surface area contributed by atoms with Gasteiger partial charge in [-0.3, -0.25) is 9.59 Å². The van der Waals surface area contributed by atoms with Gasteiger partial charge in [0.15, 0.2) is 12.1 Å². The molecule has 19 heavy (non-hydrogen) atoms. The first-order chi connectivity index (χ1) is 9.29. The van der Waals surface area contributed by atoms with Crippen LogP contribution < -0.4 is 0 Å². The summed E-state index contributed by atoms with van der Waals surface area (Å²) in [6.45, 7) is 0. The number of carbonyl (C=O) groups is 2. The molecular weight excluding hydrogens is 238 g/mol. The summed E-state index contributed by atoms with van der Waals surface area (Å²) in [7, 11) is 0. The zero-order valence-corrected chi connectivity index (χ0v) is 10.1. The fraction of sp³-hybridized carbons (Fsp3) is 0. The molecule has 0 aliphatic carbocycles. The molecular formula is C16H11NO2. The van der Waals surface area contributed by atoms with Crippen molar-refractivity contribution in [2.24, 2.45) is 0 Å². The molecule has 0 amide bonds. The predicted octanol–water partition coefficient (Wildman–Crippen LogP) is 3.21. The highest BCUT2D eigenvalue weighted by Gasteiger charge is 2.13. The lowest BCUT2D eigenvalue weighted by molar-refractivity contribution is 0.102. The van der Waals surface area contributed by atoms with Crippen LogP contribution in [0.4, 0.5) is 0 Å². The molecule has 0 atom stereocenters. The lowest BCUT2D eigenvalue weighted by atomic mass is 9.98. The predicted molar refractivity (Wildman–Crippen MR) is 73.6 cm³/mol. The standard InChI is InChI=1S/C16H11NO2/c18-10-13-3-1-2-4-14(13)16(19)12-5-6-15-11(9-12)7-8-17-15/h1-10,17H. The normalized spacial score (nSPS) is 10.5. The number of rotatable bonds is 3. The summed E-state index contributed by atoms with van der Waals surface area (Å²) in [4.78, 5) is 26.5. The molecule has 0 spiro atoms. The minimum atomic E-state index is -0.134. The molecule has 1 N–H and O–H groups in total. The van der Waals surface area contributed by atoms with Crippen LogP contribution in [0.5, 0.6) is 0 Å². The molecule has 1 heterocycles. The van der Waals surface area contributed by atoms with Crippen molar-refractivity contribution < 1.29 is 9.59 Å². The maximum absolute atomic E-state index is 12.4. The molecule has 0 bridgehead atoms. The zero-order valence-electron chi connectivity index (χ0n) is 10.1. The van der Waals surface area contributed by atoms with E-state index in [0.717, 1.165) is 10.9 Å². The van der Waals surface area contributed by atoms with Crippen molar-refractivity contribution in [3.05, 3.63) is 71.4 Å². The highest BCUT2D eigenvalue weighted by atomic mass is 16.1. The van der Waals surface area contributed by atoms with Crippen molar-refractivity contribution in [2.75, 3.05) is 0 Å². The molecule has 0 saturated carbocycles. The number of aromatic amines is 1. The van der Waals surface area contributed by atoms with Crippen LogP contribution in [0.3, 0.4) is 0 Å². The van der Waals surface area contributed by atoms with Gasteiger partial charge in [0, 0.05) is 33.8 Å². The number of benzene rings is 2. The Balaban J connectivity index is 2.10. The quantitative estimate of drug-likeness (QED) is 0.572. The first kappa shape index (κ1) is 11.4. The molecule has 0 radical (unpaired) electrons. The second-order valence-electron chi connectivity index (χ2n) is 4.31. The topological polar surface area (TPSA) is 49.9 Å². The van der Waals surface area contributed by atoms with Gasteiger partial charge in [-0.25, -0.2) is 0 Å². The van der Waals surface area contributed by atoms with Crippen LogP contribution >= 0.6 is 0 Å². The molecule has 2 aromatic carbocycles. The van der Waals surface area contributed by atoms with Crippen LogP contribution in [-0.4, -0.2) is 17.1 Å². The molecule has 3 heteroatoms. The van der Waals surface area contributed by atoms with Crippen molar-refractivity contribution in [3.63, 3.8) is 0 Å². The fourth-order valence-electron chi connectivity index (χ4n) is 2.16. The summed E-state index contributed by atoms with van der Waals surface area (Å²) in [5.41, 5.74) is 2.43. The zero-order chi connectivity index (χ0) is 13.2. The Hall–Kier alpha value is -2.68. The van der Waals surface area contributed by atoms with Crippen molar-refractivity contribution >= 4 is 23.0 Å². The fourth-order valence-corrected chi connectivity index (χ4v) is 2.16. The van der Waals surface area contributed by atoms with Gasteiger partial charge in [-0.15, -0.1) is 0 Å². The van der Waals surface area contributed by atoms with Gasteiger partial charge in [-0.1, -0.05) is 24.3 Å². The molecule has 0 saturated heterocycles. The summed E-state index contributed by atoms with van der Waals surface area (Å²) >= 11 is 0. The lowest BCUT2D eigenvalue weighted by Crippen LogP contribution is -2.04. The highest BCUT2D eigenvalue weighted by Crippen LogP contribution is 2.18. The molecule has 3 rings (SSSR count). The van der Waals surface area contributed by atoms with Gasteiger partial charge in [0.05, 0.1) is 0 Å². The average molecular weight is 249 g/mol. The van der Waals surface area contributed by atoms with Gasteiger partial charge in [0.1, 0.15) is 0 Å². The molecule has 0 fully saturated rings. The van der Waals surface area contributed by atoms with Gasteiger partial charge in [-0.2, -0.15) is 0 Å². The monoisotopic (exact) mass is 249 g/mol. The Morgan fingerprint density at radius 3 is 2.74 bits per heavy atom. The Bertz CT molecular complexity index is 771. The summed E-state index contributed by atoms with van der Waals surface area (Å²) in [6.07, 6.45) is 2.54. The number of aromatic nitrogens is 1. The van der Waals surface area contributed by atoms with Crippen LogP contribution in [-0.2, 0) is 0 Å². The van der Waals surface area contributed by atoms with Crippen molar-refractivity contribution in [2.45, 2.75) is 0 Å². The summed E-state index contributed by atoms with van der Waals surface area (Å²) < 4.78 is 0. The minimum Gasteiger partial charge on any atom is -0.361 e. The van der Waals surface area contributed by atoms with E-state index in [2.05, 4.69) is 4.98 Å². The number of H-pyrrole nitrogens is 1. The largest absolute Gasteiger partial charge is 0.361 e. The van der Waals surface area contributed by atoms with E-state index in [1.807, 2.05) is 24.4 Å². The third-order valence-corrected chi connectivity index (χ3v) is 3.15. The number of aldehydes is 1. The average Bonchev–Trinajstić information content (AvgIpc) is 2.93. The SMILES string of the molecule is O=Cc1ccccc1C(=O)c1ccc2[nH]ccc2c1. The number of ketones is 1. The smallest absolute Gasteiger partial charge is 0.193 e. The maximum Gasteiger partial charge on any atom is 0.193 e. The van der Waals surface area contributed by atoms with E-state index in [0.29, 0.717) is 23.0 Å². The summed E-state index contributed by atoms with van der Waals surface area (Å²) in [5, 5.41) is 0.981. The van der Waals surface area contributed by atoms with Crippen LogP contribution in [0.2, 0.25) is 0 Å². The Morgan fingerprint density at radius 1 is 1.05 bits per heavy atom. The van der Waals surface area contributed by atoms with E-state index in [1.54, 1.807) is 30.3 Å². The Labute approximate surface area is 109 Å². The molecule has 0 aliphatic heterocycles. The van der Waals surface area contributed by atoms with E-state index >= 15 is 0 Å². The number of hydrogen-bond acceptors (Lipinski definition) is 2. The molecule has 0 unspecified atom stereocenters. The van der Waals surface area contributed by atoms with Gasteiger partial charge >= 0.3 is 0 Å². The van der Waals surface area contributed by atoms with Gasteiger partial charge < -0.3 is 4.98 Å². The first-order valence-corrected chi connectivity index (χ1v) is 5.95. The van der Waals surface area contributed by atoms with E-state index in [4.69, 9.17) is 0 Å². The number of carbonyl (C=O) groups excluding carboxylic acids is 2. The van der Waals surface area contributed by atoms with Crippen LogP contribution in [0, 0.1) is 0 Å². The Kier molecular flexibility index (Phi) is 2.72. The van der Waals surface area contributed by atoms with Crippen LogP contribution in [0.25, 0.3) is 10.9 Å². The molecule has 3 nitrogen and oxygen atoms in total. The van der Waals surface area contributed by atoms with Crippen molar-refractivity contribution in [1.29, 1.82) is 0 Å². The molecule has 92 valence electrons. The number of hydrogen-bond donors (Lipinski definition) is 1. The van der Waals surface area contributed by atoms with Crippen LogP contribution in [0.15, 0.2) is 54.7 Å². The van der Waals surface area contributed by atoms with Gasteiger partial charge in [0.2, 0.25) is 0 Å². The third kappa shape index (κ3) is 1.95. The van der Waals surface area contributed by atoms with Gasteiger partial charge in [0.25, 0.3) is 0 Å².